The van der Waals surface area contributed by atoms with E-state index in [0.717, 1.165) is 44.4 Å². The first-order chi connectivity index (χ1) is 9.19. The summed E-state index contributed by atoms with van der Waals surface area (Å²) in [5.41, 5.74) is 1.25. The second-order valence-electron chi connectivity index (χ2n) is 5.44. The highest BCUT2D eigenvalue weighted by Gasteiger charge is 2.10. The highest BCUT2D eigenvalue weighted by Crippen LogP contribution is 2.12. The topological polar surface area (TPSA) is 28.4 Å². The molecule has 1 unspecified atom stereocenters. The van der Waals surface area contributed by atoms with Crippen LogP contribution in [0.25, 0.3) is 0 Å². The Kier molecular flexibility index (Phi) is 7.84. The van der Waals surface area contributed by atoms with Gasteiger partial charge in [0.2, 0.25) is 0 Å². The zero-order valence-corrected chi connectivity index (χ0v) is 13.0. The maximum Gasteiger partial charge on any atom is 0.118 e. The van der Waals surface area contributed by atoms with Crippen LogP contribution < -0.4 is 5.32 Å². The van der Waals surface area contributed by atoms with Crippen molar-refractivity contribution in [1.29, 1.82) is 0 Å². The average molecular weight is 266 g/mol. The summed E-state index contributed by atoms with van der Waals surface area (Å²) in [5, 5.41) is 3.40. The first-order valence-electron chi connectivity index (χ1n) is 7.68. The van der Waals surface area contributed by atoms with Gasteiger partial charge in [0.15, 0.2) is 0 Å². The Morgan fingerprint density at radius 3 is 2.74 bits per heavy atom. The van der Waals surface area contributed by atoms with Gasteiger partial charge in [0.05, 0.1) is 12.8 Å². The molecule has 0 bridgehead atoms. The van der Waals surface area contributed by atoms with E-state index in [9.17, 15) is 0 Å². The van der Waals surface area contributed by atoms with Crippen LogP contribution in [0.1, 0.15) is 51.9 Å². The Hall–Kier alpha value is -0.800. The van der Waals surface area contributed by atoms with Crippen molar-refractivity contribution in [2.45, 2.75) is 53.6 Å². The van der Waals surface area contributed by atoms with E-state index in [1.54, 1.807) is 0 Å². The molecule has 3 nitrogen and oxygen atoms in total. The van der Waals surface area contributed by atoms with Gasteiger partial charge in [-0.05, 0) is 31.5 Å². The molecule has 1 rings (SSSR count). The molecule has 3 heteroatoms. The largest absolute Gasteiger partial charge is 0.468 e. The van der Waals surface area contributed by atoms with E-state index in [1.165, 1.54) is 18.4 Å². The van der Waals surface area contributed by atoms with Crippen LogP contribution in [-0.2, 0) is 13.1 Å². The molecule has 0 aliphatic carbocycles. The molecule has 0 aliphatic rings. The van der Waals surface area contributed by atoms with E-state index in [1.807, 2.05) is 6.26 Å². The molecule has 110 valence electrons. The quantitative estimate of drug-likeness (QED) is 0.655. The van der Waals surface area contributed by atoms with Gasteiger partial charge in [-0.15, -0.1) is 0 Å². The van der Waals surface area contributed by atoms with E-state index in [0.29, 0.717) is 0 Å². The van der Waals surface area contributed by atoms with Crippen molar-refractivity contribution in [3.63, 3.8) is 0 Å². The van der Waals surface area contributed by atoms with Crippen LogP contribution >= 0.6 is 0 Å². The summed E-state index contributed by atoms with van der Waals surface area (Å²) < 4.78 is 5.66. The lowest BCUT2D eigenvalue weighted by molar-refractivity contribution is 0.221. The minimum absolute atomic E-state index is 0.751. The lowest BCUT2D eigenvalue weighted by atomic mass is 10.1. The third-order valence-corrected chi connectivity index (χ3v) is 3.56. The minimum Gasteiger partial charge on any atom is -0.468 e. The third kappa shape index (κ3) is 6.26. The maximum atomic E-state index is 5.66. The molecule has 0 saturated carbocycles. The zero-order chi connectivity index (χ0) is 14.1. The Morgan fingerprint density at radius 2 is 2.11 bits per heavy atom. The van der Waals surface area contributed by atoms with Crippen molar-refractivity contribution in [3.8, 4) is 0 Å². The van der Waals surface area contributed by atoms with E-state index in [2.05, 4.69) is 44.0 Å². The molecule has 19 heavy (non-hydrogen) atoms. The van der Waals surface area contributed by atoms with Gasteiger partial charge < -0.3 is 9.73 Å². The van der Waals surface area contributed by atoms with Gasteiger partial charge >= 0.3 is 0 Å². The van der Waals surface area contributed by atoms with E-state index in [4.69, 9.17) is 4.42 Å². The van der Waals surface area contributed by atoms with Crippen LogP contribution in [0.3, 0.4) is 0 Å². The standard InChI is InChI=1S/C16H30N2O/c1-5-8-17-10-15-9-16(19-13-15)12-18(7-3)11-14(4)6-2/h9,13-14,17H,5-8,10-12H2,1-4H3. The van der Waals surface area contributed by atoms with Gasteiger partial charge in [-0.3, -0.25) is 4.90 Å². The average Bonchev–Trinajstić information content (AvgIpc) is 2.85. The predicted octanol–water partition coefficient (Wildman–Crippen LogP) is 3.65. The Morgan fingerprint density at radius 1 is 1.32 bits per heavy atom. The summed E-state index contributed by atoms with van der Waals surface area (Å²) in [6.45, 7) is 14.1. The van der Waals surface area contributed by atoms with Gasteiger partial charge in [0.1, 0.15) is 5.76 Å². The van der Waals surface area contributed by atoms with Gasteiger partial charge in [-0.25, -0.2) is 0 Å². The molecular weight excluding hydrogens is 236 g/mol. The summed E-state index contributed by atoms with van der Waals surface area (Å²) in [5.74, 6) is 1.83. The molecule has 0 spiro atoms. The summed E-state index contributed by atoms with van der Waals surface area (Å²) in [6, 6.07) is 2.18. The fourth-order valence-corrected chi connectivity index (χ4v) is 2.11. The number of nitrogens with one attached hydrogen (secondary N) is 1. The Labute approximate surface area is 118 Å². The Balaban J connectivity index is 2.42. The number of hydrogen-bond donors (Lipinski definition) is 1. The fourth-order valence-electron chi connectivity index (χ4n) is 2.11. The minimum atomic E-state index is 0.751. The van der Waals surface area contributed by atoms with Crippen molar-refractivity contribution in [2.24, 2.45) is 5.92 Å². The fraction of sp³-hybridized carbons (Fsp3) is 0.750. The van der Waals surface area contributed by atoms with Crippen LogP contribution in [0.5, 0.6) is 0 Å². The van der Waals surface area contributed by atoms with E-state index < -0.39 is 0 Å². The highest BCUT2D eigenvalue weighted by molar-refractivity contribution is 5.12. The molecule has 1 heterocycles. The van der Waals surface area contributed by atoms with Gasteiger partial charge in [0.25, 0.3) is 0 Å². The van der Waals surface area contributed by atoms with Crippen molar-refractivity contribution in [3.05, 3.63) is 23.7 Å². The van der Waals surface area contributed by atoms with Crippen LogP contribution in [-0.4, -0.2) is 24.5 Å². The van der Waals surface area contributed by atoms with Crippen molar-refractivity contribution >= 4 is 0 Å². The molecule has 1 aromatic heterocycles. The number of nitrogens with zero attached hydrogens (tertiary/aromatic N) is 1. The molecule has 1 aromatic rings. The number of furan rings is 1. The first-order valence-corrected chi connectivity index (χ1v) is 7.68. The van der Waals surface area contributed by atoms with Crippen molar-refractivity contribution < 1.29 is 4.42 Å². The molecule has 0 saturated heterocycles. The molecule has 0 aromatic carbocycles. The first kappa shape index (κ1) is 16.3. The molecule has 0 aliphatic heterocycles. The molecule has 0 radical (unpaired) electrons. The van der Waals surface area contributed by atoms with Crippen molar-refractivity contribution in [1.82, 2.24) is 10.2 Å². The van der Waals surface area contributed by atoms with Crippen molar-refractivity contribution in [2.75, 3.05) is 19.6 Å². The molecule has 0 amide bonds. The summed E-state index contributed by atoms with van der Waals surface area (Å²) in [6.07, 6.45) is 4.29. The van der Waals surface area contributed by atoms with E-state index >= 15 is 0 Å². The second-order valence-corrected chi connectivity index (χ2v) is 5.44. The van der Waals surface area contributed by atoms with Gasteiger partial charge in [0, 0.05) is 18.7 Å². The molecular formula is C16H30N2O. The zero-order valence-electron chi connectivity index (χ0n) is 13.0. The Bertz CT molecular complexity index is 335. The second kappa shape index (κ2) is 9.16. The lowest BCUT2D eigenvalue weighted by Gasteiger charge is -2.22. The van der Waals surface area contributed by atoms with Crippen LogP contribution in [0, 0.1) is 5.92 Å². The maximum absolute atomic E-state index is 5.66. The predicted molar refractivity (Wildman–Crippen MR) is 81.1 cm³/mol. The van der Waals surface area contributed by atoms with Crippen LogP contribution in [0.2, 0.25) is 0 Å². The lowest BCUT2D eigenvalue weighted by Crippen LogP contribution is -2.27. The van der Waals surface area contributed by atoms with Gasteiger partial charge in [-0.1, -0.05) is 34.1 Å². The molecule has 1 N–H and O–H groups in total. The van der Waals surface area contributed by atoms with Crippen LogP contribution in [0.4, 0.5) is 0 Å². The molecule has 0 fully saturated rings. The molecule has 1 atom stereocenters. The highest BCUT2D eigenvalue weighted by atomic mass is 16.3. The van der Waals surface area contributed by atoms with Crippen LogP contribution in [0.15, 0.2) is 16.7 Å². The number of rotatable bonds is 10. The SMILES string of the molecule is CCCNCc1coc(CN(CC)CC(C)CC)c1. The normalized spacial score (nSPS) is 13.1. The number of hydrogen-bond acceptors (Lipinski definition) is 3. The van der Waals surface area contributed by atoms with Gasteiger partial charge in [-0.2, -0.15) is 0 Å². The smallest absolute Gasteiger partial charge is 0.118 e. The van der Waals surface area contributed by atoms with E-state index in [-0.39, 0.29) is 0 Å². The monoisotopic (exact) mass is 266 g/mol. The summed E-state index contributed by atoms with van der Waals surface area (Å²) in [7, 11) is 0. The summed E-state index contributed by atoms with van der Waals surface area (Å²) in [4.78, 5) is 2.45. The third-order valence-electron chi connectivity index (χ3n) is 3.56. The summed E-state index contributed by atoms with van der Waals surface area (Å²) >= 11 is 0.